The van der Waals surface area contributed by atoms with Crippen molar-refractivity contribution in [2.75, 3.05) is 32.9 Å². The molecule has 18 heavy (non-hydrogen) atoms. The Morgan fingerprint density at radius 1 is 1.11 bits per heavy atom. The zero-order valence-electron chi connectivity index (χ0n) is 11.0. The molecule has 0 bridgehead atoms. The molecule has 4 unspecified atom stereocenters. The minimum Gasteiger partial charge on any atom is -0.381 e. The summed E-state index contributed by atoms with van der Waals surface area (Å²) in [4.78, 5) is 2.59. The molecule has 1 saturated carbocycles. The van der Waals surface area contributed by atoms with E-state index in [0.29, 0.717) is 29.5 Å². The SMILES string of the molecule is NC1C2CCCOC2C1N1CC2(CCOCC2)C1. The van der Waals surface area contributed by atoms with Gasteiger partial charge in [0.05, 0.1) is 12.1 Å². The Morgan fingerprint density at radius 3 is 2.67 bits per heavy atom. The predicted octanol–water partition coefficient (Wildman–Crippen LogP) is 0.603. The first kappa shape index (κ1) is 11.6. The van der Waals surface area contributed by atoms with E-state index in [4.69, 9.17) is 15.2 Å². The molecule has 4 aliphatic rings. The molecular weight excluding hydrogens is 228 g/mol. The minimum atomic E-state index is 0.354. The number of nitrogens with zero attached hydrogens (tertiary/aromatic N) is 1. The topological polar surface area (TPSA) is 47.7 Å². The van der Waals surface area contributed by atoms with E-state index in [0.717, 1.165) is 19.8 Å². The van der Waals surface area contributed by atoms with Crippen LogP contribution >= 0.6 is 0 Å². The second-order valence-electron chi connectivity index (χ2n) is 6.73. The van der Waals surface area contributed by atoms with Crippen molar-refractivity contribution >= 4 is 0 Å². The van der Waals surface area contributed by atoms with Crippen LogP contribution in [0.4, 0.5) is 0 Å². The molecule has 2 N–H and O–H groups in total. The fourth-order valence-corrected chi connectivity index (χ4v) is 4.51. The highest BCUT2D eigenvalue weighted by Crippen LogP contribution is 2.47. The maximum absolute atomic E-state index is 6.36. The third-order valence-electron chi connectivity index (χ3n) is 5.69. The van der Waals surface area contributed by atoms with Crippen molar-refractivity contribution in [1.82, 2.24) is 4.90 Å². The van der Waals surface area contributed by atoms with Crippen LogP contribution < -0.4 is 5.73 Å². The molecule has 0 aromatic carbocycles. The quantitative estimate of drug-likeness (QED) is 0.742. The van der Waals surface area contributed by atoms with Crippen LogP contribution in [0.3, 0.4) is 0 Å². The molecule has 1 spiro atoms. The van der Waals surface area contributed by atoms with Gasteiger partial charge in [0.25, 0.3) is 0 Å². The first-order valence-electron chi connectivity index (χ1n) is 7.48. The third-order valence-corrected chi connectivity index (χ3v) is 5.69. The van der Waals surface area contributed by atoms with Crippen LogP contribution in [0.2, 0.25) is 0 Å². The minimum absolute atomic E-state index is 0.354. The molecule has 1 aliphatic carbocycles. The Kier molecular flexibility index (Phi) is 2.70. The van der Waals surface area contributed by atoms with Gasteiger partial charge >= 0.3 is 0 Å². The Balaban J connectivity index is 1.38. The maximum Gasteiger partial charge on any atom is 0.0788 e. The van der Waals surface area contributed by atoms with Crippen LogP contribution in [0, 0.1) is 11.3 Å². The van der Waals surface area contributed by atoms with E-state index in [1.165, 1.54) is 38.8 Å². The zero-order chi connectivity index (χ0) is 12.2. The van der Waals surface area contributed by atoms with Crippen molar-refractivity contribution in [3.05, 3.63) is 0 Å². The lowest BCUT2D eigenvalue weighted by atomic mass is 9.64. The summed E-state index contributed by atoms with van der Waals surface area (Å²) in [6, 6.07) is 0.858. The molecular formula is C14H24N2O2. The van der Waals surface area contributed by atoms with Gasteiger partial charge in [-0.1, -0.05) is 0 Å². The van der Waals surface area contributed by atoms with Crippen LogP contribution in [0.5, 0.6) is 0 Å². The highest BCUT2D eigenvalue weighted by Gasteiger charge is 2.57. The van der Waals surface area contributed by atoms with Gasteiger partial charge in [0.1, 0.15) is 0 Å². The third kappa shape index (κ3) is 1.59. The summed E-state index contributed by atoms with van der Waals surface area (Å²) in [5, 5.41) is 0. The Hall–Kier alpha value is -0.160. The molecule has 4 heteroatoms. The van der Waals surface area contributed by atoms with Gasteiger partial charge in [0.15, 0.2) is 0 Å². The Bertz CT molecular complexity index is 322. The van der Waals surface area contributed by atoms with E-state index in [9.17, 15) is 0 Å². The second kappa shape index (κ2) is 4.17. The molecule has 3 aliphatic heterocycles. The van der Waals surface area contributed by atoms with Gasteiger partial charge in [-0.15, -0.1) is 0 Å². The number of ether oxygens (including phenoxy) is 2. The van der Waals surface area contributed by atoms with Crippen LogP contribution in [0.15, 0.2) is 0 Å². The molecule has 0 aromatic heterocycles. The largest absolute Gasteiger partial charge is 0.381 e. The molecule has 4 atom stereocenters. The zero-order valence-corrected chi connectivity index (χ0v) is 11.0. The highest BCUT2D eigenvalue weighted by molar-refractivity contribution is 5.12. The lowest BCUT2D eigenvalue weighted by Gasteiger charge is -2.63. The molecule has 4 nitrogen and oxygen atoms in total. The van der Waals surface area contributed by atoms with E-state index in [1.54, 1.807) is 0 Å². The number of likely N-dealkylation sites (tertiary alicyclic amines) is 1. The van der Waals surface area contributed by atoms with Gasteiger partial charge in [-0.05, 0) is 25.7 Å². The van der Waals surface area contributed by atoms with Crippen molar-refractivity contribution in [1.29, 1.82) is 0 Å². The normalized spacial score (nSPS) is 47.2. The van der Waals surface area contributed by atoms with E-state index >= 15 is 0 Å². The number of hydrogen-bond acceptors (Lipinski definition) is 4. The summed E-state index contributed by atoms with van der Waals surface area (Å²) in [5.74, 6) is 0.634. The van der Waals surface area contributed by atoms with E-state index in [-0.39, 0.29) is 0 Å². The highest BCUT2D eigenvalue weighted by atomic mass is 16.5. The number of nitrogens with two attached hydrogens (primary N) is 1. The first-order valence-corrected chi connectivity index (χ1v) is 7.48. The average Bonchev–Trinajstić information content (AvgIpc) is 2.38. The molecule has 0 aromatic rings. The van der Waals surface area contributed by atoms with Crippen molar-refractivity contribution < 1.29 is 9.47 Å². The summed E-state index contributed by atoms with van der Waals surface area (Å²) in [6.07, 6.45) is 5.38. The molecule has 102 valence electrons. The van der Waals surface area contributed by atoms with E-state index < -0.39 is 0 Å². The second-order valence-corrected chi connectivity index (χ2v) is 6.73. The van der Waals surface area contributed by atoms with Crippen LogP contribution in [-0.2, 0) is 9.47 Å². The lowest BCUT2D eigenvalue weighted by Crippen LogP contribution is -2.77. The van der Waals surface area contributed by atoms with Gasteiger partial charge < -0.3 is 15.2 Å². The van der Waals surface area contributed by atoms with Crippen molar-refractivity contribution in [3.8, 4) is 0 Å². The van der Waals surface area contributed by atoms with Crippen LogP contribution in [0.25, 0.3) is 0 Å². The van der Waals surface area contributed by atoms with Crippen molar-refractivity contribution in [2.45, 2.75) is 43.9 Å². The Labute approximate surface area is 109 Å². The predicted molar refractivity (Wildman–Crippen MR) is 68.3 cm³/mol. The molecule has 0 radical (unpaired) electrons. The number of rotatable bonds is 1. The monoisotopic (exact) mass is 252 g/mol. The summed E-state index contributed by atoms with van der Waals surface area (Å²) < 4.78 is 11.4. The molecule has 4 rings (SSSR count). The summed E-state index contributed by atoms with van der Waals surface area (Å²) in [7, 11) is 0. The van der Waals surface area contributed by atoms with Crippen LogP contribution in [0.1, 0.15) is 25.7 Å². The van der Waals surface area contributed by atoms with Gasteiger partial charge in [-0.3, -0.25) is 4.90 Å². The number of fused-ring (bicyclic) bond motifs is 1. The van der Waals surface area contributed by atoms with Gasteiger partial charge in [-0.2, -0.15) is 0 Å². The standard InChI is InChI=1S/C14H24N2O2/c15-11-10-2-1-5-18-13(10)12(11)16-8-14(9-16)3-6-17-7-4-14/h10-13H,1-9,15H2. The van der Waals surface area contributed by atoms with Gasteiger partial charge in [0, 0.05) is 50.3 Å². The lowest BCUT2D eigenvalue weighted by molar-refractivity contribution is -0.199. The fraction of sp³-hybridized carbons (Fsp3) is 1.00. The molecule has 0 amide bonds. The van der Waals surface area contributed by atoms with E-state index in [2.05, 4.69) is 4.90 Å². The van der Waals surface area contributed by atoms with Crippen molar-refractivity contribution in [3.63, 3.8) is 0 Å². The van der Waals surface area contributed by atoms with E-state index in [1.807, 2.05) is 0 Å². The molecule has 3 heterocycles. The van der Waals surface area contributed by atoms with Gasteiger partial charge in [-0.25, -0.2) is 0 Å². The van der Waals surface area contributed by atoms with Gasteiger partial charge in [0.2, 0.25) is 0 Å². The van der Waals surface area contributed by atoms with Crippen molar-refractivity contribution in [2.24, 2.45) is 17.1 Å². The molecule has 4 fully saturated rings. The fourth-order valence-electron chi connectivity index (χ4n) is 4.51. The average molecular weight is 252 g/mol. The smallest absolute Gasteiger partial charge is 0.0788 e. The summed E-state index contributed by atoms with van der Waals surface area (Å²) in [5.41, 5.74) is 6.91. The number of hydrogen-bond donors (Lipinski definition) is 1. The molecule has 3 saturated heterocycles. The Morgan fingerprint density at radius 2 is 1.89 bits per heavy atom. The van der Waals surface area contributed by atoms with Crippen LogP contribution in [-0.4, -0.2) is 56.0 Å². The maximum atomic E-state index is 6.36. The summed E-state index contributed by atoms with van der Waals surface area (Å²) >= 11 is 0. The summed E-state index contributed by atoms with van der Waals surface area (Å²) in [6.45, 7) is 5.29. The first-order chi connectivity index (χ1) is 8.79.